The SMILES string of the molecule is Oc1cc(O)c(-c2noc3cccc(NCCN4CCOCC4)c23)cc1Cl. The van der Waals surface area contributed by atoms with Crippen molar-refractivity contribution in [2.24, 2.45) is 0 Å². The topological polar surface area (TPSA) is 91.0 Å². The van der Waals surface area contributed by atoms with Gasteiger partial charge in [-0.05, 0) is 18.2 Å². The first-order valence-corrected chi connectivity index (χ1v) is 9.15. The summed E-state index contributed by atoms with van der Waals surface area (Å²) in [4.78, 5) is 2.34. The van der Waals surface area contributed by atoms with Crippen molar-refractivity contribution in [2.75, 3.05) is 44.7 Å². The van der Waals surface area contributed by atoms with Gasteiger partial charge in [-0.15, -0.1) is 0 Å². The Morgan fingerprint density at radius 3 is 2.78 bits per heavy atom. The number of aromatic nitrogens is 1. The van der Waals surface area contributed by atoms with Gasteiger partial charge in [-0.1, -0.05) is 22.8 Å². The lowest BCUT2D eigenvalue weighted by atomic mass is 10.0. The minimum atomic E-state index is -0.186. The molecule has 1 aliphatic heterocycles. The van der Waals surface area contributed by atoms with Gasteiger partial charge in [0.2, 0.25) is 0 Å². The van der Waals surface area contributed by atoms with Crippen molar-refractivity contribution in [1.82, 2.24) is 10.1 Å². The Kier molecular flexibility index (Phi) is 5.07. The average molecular weight is 390 g/mol. The second-order valence-corrected chi connectivity index (χ2v) is 6.82. The molecule has 1 fully saturated rings. The van der Waals surface area contributed by atoms with Crippen LogP contribution in [0.15, 0.2) is 34.9 Å². The average Bonchev–Trinajstić information content (AvgIpc) is 3.10. The molecule has 4 rings (SSSR count). The summed E-state index contributed by atoms with van der Waals surface area (Å²) in [5, 5.41) is 28.4. The molecule has 0 bridgehead atoms. The molecule has 0 unspecified atom stereocenters. The maximum atomic E-state index is 10.2. The highest BCUT2D eigenvalue weighted by Gasteiger charge is 2.19. The van der Waals surface area contributed by atoms with Crippen LogP contribution in [0.25, 0.3) is 22.2 Å². The van der Waals surface area contributed by atoms with Crippen LogP contribution in [0, 0.1) is 0 Å². The Bertz CT molecular complexity index is 954. The number of nitrogens with one attached hydrogen (secondary N) is 1. The van der Waals surface area contributed by atoms with E-state index in [1.165, 1.54) is 12.1 Å². The Morgan fingerprint density at radius 1 is 1.15 bits per heavy atom. The van der Waals surface area contributed by atoms with Gasteiger partial charge in [0.15, 0.2) is 5.58 Å². The molecule has 142 valence electrons. The van der Waals surface area contributed by atoms with Gasteiger partial charge in [-0.25, -0.2) is 0 Å². The summed E-state index contributed by atoms with van der Waals surface area (Å²) in [7, 11) is 0. The van der Waals surface area contributed by atoms with Crippen molar-refractivity contribution in [3.63, 3.8) is 0 Å². The van der Waals surface area contributed by atoms with Gasteiger partial charge < -0.3 is 24.8 Å². The minimum absolute atomic E-state index is 0.116. The first-order chi connectivity index (χ1) is 13.1. The Balaban J connectivity index is 1.62. The molecule has 0 atom stereocenters. The lowest BCUT2D eigenvalue weighted by Crippen LogP contribution is -2.39. The smallest absolute Gasteiger partial charge is 0.169 e. The van der Waals surface area contributed by atoms with Gasteiger partial charge in [0.05, 0.1) is 23.6 Å². The molecule has 3 aromatic rings. The number of ether oxygens (including phenoxy) is 1. The van der Waals surface area contributed by atoms with Crippen LogP contribution in [0.5, 0.6) is 11.5 Å². The molecule has 0 radical (unpaired) electrons. The normalized spacial score (nSPS) is 15.3. The molecule has 0 aliphatic carbocycles. The van der Waals surface area contributed by atoms with Crippen molar-refractivity contribution in [1.29, 1.82) is 0 Å². The Morgan fingerprint density at radius 2 is 1.96 bits per heavy atom. The third kappa shape index (κ3) is 3.66. The number of phenolic OH excluding ortho intramolecular Hbond substituents is 2. The third-order valence-corrected chi connectivity index (χ3v) is 4.97. The standard InChI is InChI=1S/C19H20ClN3O4/c20-13-10-12(15(24)11-16(13)25)19-18-14(2-1-3-17(18)27-22-19)21-4-5-23-6-8-26-9-7-23/h1-3,10-11,21,24-25H,4-9H2. The number of fused-ring (bicyclic) bond motifs is 1. The first-order valence-electron chi connectivity index (χ1n) is 8.77. The molecule has 2 aromatic carbocycles. The van der Waals surface area contributed by atoms with Crippen molar-refractivity contribution in [3.8, 4) is 22.8 Å². The number of morpholine rings is 1. The number of aromatic hydroxyl groups is 2. The molecule has 7 nitrogen and oxygen atoms in total. The van der Waals surface area contributed by atoms with E-state index >= 15 is 0 Å². The maximum absolute atomic E-state index is 10.2. The molecule has 0 saturated carbocycles. The third-order valence-electron chi connectivity index (χ3n) is 4.67. The molecule has 3 N–H and O–H groups in total. The van der Waals surface area contributed by atoms with E-state index in [1.807, 2.05) is 18.2 Å². The van der Waals surface area contributed by atoms with Crippen LogP contribution in [0.1, 0.15) is 0 Å². The quantitative estimate of drug-likeness (QED) is 0.616. The van der Waals surface area contributed by atoms with Crippen LogP contribution >= 0.6 is 11.6 Å². The summed E-state index contributed by atoms with van der Waals surface area (Å²) >= 11 is 6.01. The largest absolute Gasteiger partial charge is 0.507 e. The zero-order valence-corrected chi connectivity index (χ0v) is 15.4. The molecule has 27 heavy (non-hydrogen) atoms. The van der Waals surface area contributed by atoms with E-state index in [1.54, 1.807) is 0 Å². The lowest BCUT2D eigenvalue weighted by Gasteiger charge is -2.26. The summed E-state index contributed by atoms with van der Waals surface area (Å²) in [6.07, 6.45) is 0. The molecule has 0 amide bonds. The molecular formula is C19H20ClN3O4. The second kappa shape index (κ2) is 7.64. The molecule has 1 saturated heterocycles. The number of anilines is 1. The number of halogens is 1. The fraction of sp³-hybridized carbons (Fsp3) is 0.316. The van der Waals surface area contributed by atoms with E-state index in [0.29, 0.717) is 16.8 Å². The summed E-state index contributed by atoms with van der Waals surface area (Å²) in [5.74, 6) is -0.301. The summed E-state index contributed by atoms with van der Waals surface area (Å²) < 4.78 is 10.8. The lowest BCUT2D eigenvalue weighted by molar-refractivity contribution is 0.0398. The fourth-order valence-electron chi connectivity index (χ4n) is 3.24. The highest BCUT2D eigenvalue weighted by molar-refractivity contribution is 6.32. The van der Waals surface area contributed by atoms with Crippen molar-refractivity contribution >= 4 is 28.3 Å². The number of phenols is 2. The predicted molar refractivity (Wildman–Crippen MR) is 104 cm³/mol. The zero-order valence-electron chi connectivity index (χ0n) is 14.6. The fourth-order valence-corrected chi connectivity index (χ4v) is 3.40. The van der Waals surface area contributed by atoms with E-state index in [4.69, 9.17) is 20.9 Å². The van der Waals surface area contributed by atoms with Gasteiger partial charge in [0.1, 0.15) is 17.2 Å². The second-order valence-electron chi connectivity index (χ2n) is 6.41. The molecule has 2 heterocycles. The predicted octanol–water partition coefficient (Wildman–Crippen LogP) is 3.30. The number of hydrogen-bond acceptors (Lipinski definition) is 7. The summed E-state index contributed by atoms with van der Waals surface area (Å²) in [6.45, 7) is 5.07. The first kappa shape index (κ1) is 17.9. The van der Waals surface area contributed by atoms with Gasteiger partial charge in [-0.2, -0.15) is 0 Å². The van der Waals surface area contributed by atoms with E-state index in [-0.39, 0.29) is 16.5 Å². The summed E-state index contributed by atoms with van der Waals surface area (Å²) in [5.41, 5.74) is 2.34. The Hall–Kier alpha value is -2.48. The van der Waals surface area contributed by atoms with E-state index in [2.05, 4.69) is 15.4 Å². The van der Waals surface area contributed by atoms with Crippen LogP contribution in [-0.4, -0.2) is 59.7 Å². The van der Waals surface area contributed by atoms with E-state index in [0.717, 1.165) is 50.5 Å². The number of nitrogens with zero attached hydrogens (tertiary/aromatic N) is 2. The minimum Gasteiger partial charge on any atom is -0.507 e. The number of benzene rings is 2. The highest BCUT2D eigenvalue weighted by atomic mass is 35.5. The Labute approximate surface area is 161 Å². The van der Waals surface area contributed by atoms with Crippen LogP contribution in [0.2, 0.25) is 5.02 Å². The monoisotopic (exact) mass is 389 g/mol. The van der Waals surface area contributed by atoms with Crippen molar-refractivity contribution in [2.45, 2.75) is 0 Å². The maximum Gasteiger partial charge on any atom is 0.169 e. The van der Waals surface area contributed by atoms with Gasteiger partial charge in [0.25, 0.3) is 0 Å². The van der Waals surface area contributed by atoms with E-state index in [9.17, 15) is 10.2 Å². The van der Waals surface area contributed by atoms with Gasteiger partial charge >= 0.3 is 0 Å². The number of rotatable bonds is 5. The van der Waals surface area contributed by atoms with Crippen LogP contribution in [-0.2, 0) is 4.74 Å². The van der Waals surface area contributed by atoms with Crippen LogP contribution < -0.4 is 5.32 Å². The summed E-state index contributed by atoms with van der Waals surface area (Å²) in [6, 6.07) is 8.33. The van der Waals surface area contributed by atoms with Crippen LogP contribution in [0.4, 0.5) is 5.69 Å². The molecule has 8 heteroatoms. The molecule has 0 spiro atoms. The highest BCUT2D eigenvalue weighted by Crippen LogP contribution is 2.41. The van der Waals surface area contributed by atoms with Gasteiger partial charge in [0, 0.05) is 43.5 Å². The van der Waals surface area contributed by atoms with Gasteiger partial charge in [-0.3, -0.25) is 4.90 Å². The molecule has 1 aromatic heterocycles. The van der Waals surface area contributed by atoms with E-state index < -0.39 is 0 Å². The zero-order chi connectivity index (χ0) is 18.8. The van der Waals surface area contributed by atoms with Crippen molar-refractivity contribution in [3.05, 3.63) is 35.4 Å². The van der Waals surface area contributed by atoms with Crippen LogP contribution in [0.3, 0.4) is 0 Å². The molecule has 1 aliphatic rings. The number of hydrogen-bond donors (Lipinski definition) is 3. The van der Waals surface area contributed by atoms with Crippen molar-refractivity contribution < 1.29 is 19.5 Å². The molecular weight excluding hydrogens is 370 g/mol.